The van der Waals surface area contributed by atoms with Gasteiger partial charge in [-0.2, -0.15) is 0 Å². The van der Waals surface area contributed by atoms with Crippen LogP contribution < -0.4 is 0 Å². The average Bonchev–Trinajstić information content (AvgIpc) is 2.37. The lowest BCUT2D eigenvalue weighted by Crippen LogP contribution is -2.07. The van der Waals surface area contributed by atoms with Crippen molar-refractivity contribution >= 4 is 21.6 Å². The van der Waals surface area contributed by atoms with E-state index in [0.29, 0.717) is 0 Å². The van der Waals surface area contributed by atoms with Gasteiger partial charge in [0.15, 0.2) is 23.3 Å². The van der Waals surface area contributed by atoms with Gasteiger partial charge in [0, 0.05) is 11.3 Å². The first-order valence-electron chi connectivity index (χ1n) is 4.48. The Morgan fingerprint density at radius 1 is 0.737 bits per heavy atom. The van der Waals surface area contributed by atoms with Crippen molar-refractivity contribution in [1.29, 1.82) is 0 Å². The van der Waals surface area contributed by atoms with Crippen LogP contribution in [0.5, 0.6) is 0 Å². The van der Waals surface area contributed by atoms with Gasteiger partial charge < -0.3 is 0 Å². The molecule has 108 valence electrons. The zero-order valence-corrected chi connectivity index (χ0v) is 10.3. The number of hydrogen-bond acceptors (Lipinski definition) is 2. The highest BCUT2D eigenvalue weighted by atomic mass is 33.1. The van der Waals surface area contributed by atoms with Crippen molar-refractivity contribution < 1.29 is 35.1 Å². The maximum absolute atomic E-state index is 13.1. The van der Waals surface area contributed by atoms with E-state index in [4.69, 9.17) is 0 Å². The maximum Gasteiger partial charge on any atom is 0.279 e. The highest BCUT2D eigenvalue weighted by Crippen LogP contribution is 2.36. The molecule has 0 saturated heterocycles. The summed E-state index contributed by atoms with van der Waals surface area (Å²) < 4.78 is 100. The van der Waals surface area contributed by atoms with Gasteiger partial charge in [0.05, 0.1) is 0 Å². The van der Waals surface area contributed by atoms with Crippen LogP contribution in [0.25, 0.3) is 0 Å². The van der Waals surface area contributed by atoms with E-state index in [9.17, 15) is 35.1 Å². The lowest BCUT2D eigenvalue weighted by molar-refractivity contribution is 0.0960. The zero-order chi connectivity index (χ0) is 14.7. The lowest BCUT2D eigenvalue weighted by atomic mass is 10.2. The van der Waals surface area contributed by atoms with Crippen molar-refractivity contribution in [2.75, 3.05) is 0 Å². The summed E-state index contributed by atoms with van der Waals surface area (Å²) in [5, 5.41) is 0. The fraction of sp³-hybridized carbons (Fsp3) is 0.333. The van der Waals surface area contributed by atoms with Gasteiger partial charge in [-0.3, -0.25) is 0 Å². The molecular formula is C9H4F8S2. The summed E-state index contributed by atoms with van der Waals surface area (Å²) in [6.07, 6.45) is -3.31. The Morgan fingerprint density at radius 3 is 1.58 bits per heavy atom. The minimum Gasteiger partial charge on any atom is -0.228 e. The molecule has 0 N–H and O–H groups in total. The van der Waals surface area contributed by atoms with E-state index in [-0.39, 0.29) is 21.6 Å². The second-order valence-electron chi connectivity index (χ2n) is 3.09. The third kappa shape index (κ3) is 3.68. The number of alkyl halides is 3. The molecular weight excluding hydrogens is 324 g/mol. The van der Waals surface area contributed by atoms with Gasteiger partial charge in [-0.15, -0.1) is 0 Å². The van der Waals surface area contributed by atoms with Gasteiger partial charge in [-0.25, -0.2) is 35.1 Å². The molecule has 0 aliphatic carbocycles. The second-order valence-corrected chi connectivity index (χ2v) is 5.54. The zero-order valence-electron chi connectivity index (χ0n) is 8.70. The van der Waals surface area contributed by atoms with Crippen LogP contribution in [-0.2, 0) is 5.75 Å². The molecule has 0 radical (unpaired) electrons. The summed E-state index contributed by atoms with van der Waals surface area (Å²) in [6, 6.07) is 0. The van der Waals surface area contributed by atoms with Crippen LogP contribution >= 0.6 is 21.6 Å². The maximum atomic E-state index is 13.1. The quantitative estimate of drug-likeness (QED) is 0.329. The molecule has 0 amide bonds. The van der Waals surface area contributed by atoms with Gasteiger partial charge >= 0.3 is 0 Å². The molecule has 10 heteroatoms. The van der Waals surface area contributed by atoms with Crippen molar-refractivity contribution in [1.82, 2.24) is 0 Å². The minimum atomic E-state index is -3.31. The largest absolute Gasteiger partial charge is 0.279 e. The molecule has 0 aliphatic rings. The van der Waals surface area contributed by atoms with Crippen molar-refractivity contribution in [3.8, 4) is 0 Å². The van der Waals surface area contributed by atoms with Crippen molar-refractivity contribution in [2.24, 2.45) is 0 Å². The fourth-order valence-electron chi connectivity index (χ4n) is 0.977. The lowest BCUT2D eigenvalue weighted by Gasteiger charge is -2.09. The molecule has 19 heavy (non-hydrogen) atoms. The number of benzene rings is 1. The topological polar surface area (TPSA) is 0 Å². The van der Waals surface area contributed by atoms with E-state index in [0.717, 1.165) is 0 Å². The Balaban J connectivity index is 2.85. The van der Waals surface area contributed by atoms with E-state index in [1.807, 2.05) is 0 Å². The molecule has 1 atom stereocenters. The molecule has 0 nitrogen and oxygen atoms in total. The van der Waals surface area contributed by atoms with E-state index < -0.39 is 52.3 Å². The molecule has 1 aromatic rings. The molecule has 0 heterocycles. The van der Waals surface area contributed by atoms with E-state index >= 15 is 0 Å². The van der Waals surface area contributed by atoms with Crippen molar-refractivity contribution in [3.63, 3.8) is 0 Å². The molecule has 1 unspecified atom stereocenters. The third-order valence-corrected chi connectivity index (χ3v) is 4.11. The van der Waals surface area contributed by atoms with Crippen molar-refractivity contribution in [2.45, 2.75) is 17.7 Å². The number of rotatable bonds is 5. The van der Waals surface area contributed by atoms with Crippen LogP contribution in [0.3, 0.4) is 0 Å². The standard InChI is InChI=1S/C9H4F8S2/c10-3-2(1-18-19-9(17)8(15)16)4(11)6(13)7(14)5(3)12/h8-9H,1H2. The third-order valence-electron chi connectivity index (χ3n) is 1.86. The summed E-state index contributed by atoms with van der Waals surface area (Å²) in [5.74, 6) is -11.5. The van der Waals surface area contributed by atoms with Gasteiger partial charge in [0.25, 0.3) is 6.43 Å². The highest BCUT2D eigenvalue weighted by molar-refractivity contribution is 8.76. The fourth-order valence-corrected chi connectivity index (χ4v) is 2.83. The summed E-state index contributed by atoms with van der Waals surface area (Å²) in [6.45, 7) is 0. The minimum absolute atomic E-state index is 0.0593. The van der Waals surface area contributed by atoms with Gasteiger partial charge in [-0.05, 0) is 0 Å². The molecule has 1 aromatic carbocycles. The summed E-state index contributed by atoms with van der Waals surface area (Å²) >= 11 is 0. The van der Waals surface area contributed by atoms with Gasteiger partial charge in [-0.1, -0.05) is 21.6 Å². The summed E-state index contributed by atoms with van der Waals surface area (Å²) in [7, 11) is 0.161. The van der Waals surface area contributed by atoms with Crippen LogP contribution in [0.15, 0.2) is 0 Å². The summed E-state index contributed by atoms with van der Waals surface area (Å²) in [4.78, 5) is 0. The smallest absolute Gasteiger partial charge is 0.228 e. The van der Waals surface area contributed by atoms with E-state index in [1.165, 1.54) is 0 Å². The Kier molecular flexibility index (Phi) is 5.78. The second kappa shape index (κ2) is 6.69. The predicted octanol–water partition coefficient (Wildman–Crippen LogP) is 4.82. The molecule has 0 fully saturated rings. The molecule has 1 rings (SSSR count). The predicted molar refractivity (Wildman–Crippen MR) is 56.0 cm³/mol. The molecule has 0 saturated carbocycles. The first kappa shape index (κ1) is 16.4. The Hall–Kier alpha value is -0.640. The number of halogens is 8. The van der Waals surface area contributed by atoms with Gasteiger partial charge in [0.1, 0.15) is 0 Å². The first-order chi connectivity index (χ1) is 8.77. The molecule has 0 bridgehead atoms. The average molecular weight is 328 g/mol. The van der Waals surface area contributed by atoms with E-state index in [1.54, 1.807) is 0 Å². The van der Waals surface area contributed by atoms with E-state index in [2.05, 4.69) is 0 Å². The highest BCUT2D eigenvalue weighted by Gasteiger charge is 2.26. The molecule has 0 aliphatic heterocycles. The molecule has 0 aromatic heterocycles. The number of hydrogen-bond donors (Lipinski definition) is 0. The van der Waals surface area contributed by atoms with Gasteiger partial charge in [0.2, 0.25) is 11.3 Å². The van der Waals surface area contributed by atoms with Crippen LogP contribution in [0, 0.1) is 29.1 Å². The Labute approximate surface area is 109 Å². The molecule has 0 spiro atoms. The first-order valence-corrected chi connectivity index (χ1v) is 6.86. The van der Waals surface area contributed by atoms with Crippen LogP contribution in [-0.4, -0.2) is 11.9 Å². The summed E-state index contributed by atoms with van der Waals surface area (Å²) in [5.41, 5.74) is -3.80. The normalized spacial score (nSPS) is 13.1. The monoisotopic (exact) mass is 328 g/mol. The van der Waals surface area contributed by atoms with Crippen molar-refractivity contribution in [3.05, 3.63) is 34.6 Å². The van der Waals surface area contributed by atoms with Crippen LogP contribution in [0.1, 0.15) is 5.56 Å². The van der Waals surface area contributed by atoms with Crippen LogP contribution in [0.2, 0.25) is 0 Å². The Bertz CT molecular complexity index is 435. The van der Waals surface area contributed by atoms with Crippen LogP contribution in [0.4, 0.5) is 35.1 Å². The Morgan fingerprint density at radius 2 is 1.16 bits per heavy atom. The SMILES string of the molecule is Fc1c(F)c(F)c(CSSC(F)C(F)F)c(F)c1F.